The van der Waals surface area contributed by atoms with Crippen LogP contribution in [-0.2, 0) is 0 Å². The van der Waals surface area contributed by atoms with Gasteiger partial charge in [0.05, 0.1) is 14.7 Å². The second kappa shape index (κ2) is 8.08. The average molecular weight is 405 g/mol. The molecular formula is C14H12BF4N3O2S2. The van der Waals surface area contributed by atoms with Crippen molar-refractivity contribution < 1.29 is 27.2 Å². The maximum absolute atomic E-state index is 10.7. The largest absolute Gasteiger partial charge is 0.673 e. The first-order chi connectivity index (χ1) is 12.0. The Kier molecular flexibility index (Phi) is 6.29. The molecule has 0 fully saturated rings. The van der Waals surface area contributed by atoms with E-state index in [1.807, 2.05) is 13.8 Å². The topological polar surface area (TPSA) is 69.5 Å². The van der Waals surface area contributed by atoms with Gasteiger partial charge >= 0.3 is 7.25 Å². The summed E-state index contributed by atoms with van der Waals surface area (Å²) in [4.78, 5) is 13.6. The molecule has 1 N–H and O–H groups in total. The molecule has 5 nitrogen and oxygen atoms in total. The molecule has 0 bridgehead atoms. The lowest BCUT2D eigenvalue weighted by Gasteiger charge is -1.99. The molecule has 0 amide bonds. The molecule has 0 atom stereocenters. The number of benzene rings is 1. The van der Waals surface area contributed by atoms with Gasteiger partial charge in [0.1, 0.15) is 5.04 Å². The number of non-ortho nitro benzene ring substituents is 1. The van der Waals surface area contributed by atoms with Crippen LogP contribution in [0.4, 0.5) is 23.0 Å². The van der Waals surface area contributed by atoms with Crippen molar-refractivity contribution in [2.45, 2.75) is 13.8 Å². The first-order valence-electron chi connectivity index (χ1n) is 7.13. The van der Waals surface area contributed by atoms with Crippen molar-refractivity contribution >= 4 is 47.4 Å². The number of rotatable bonds is 2. The van der Waals surface area contributed by atoms with Crippen molar-refractivity contribution in [3.63, 3.8) is 0 Å². The summed E-state index contributed by atoms with van der Waals surface area (Å²) < 4.78 is 44.6. The van der Waals surface area contributed by atoms with Crippen LogP contribution in [0.1, 0.15) is 19.4 Å². The highest BCUT2D eigenvalue weighted by molar-refractivity contribution is 8.32. The van der Waals surface area contributed by atoms with E-state index >= 15 is 0 Å². The summed E-state index contributed by atoms with van der Waals surface area (Å²) >= 11 is 3.05. The van der Waals surface area contributed by atoms with Gasteiger partial charge in [-0.3, -0.25) is 10.1 Å². The fourth-order valence-electron chi connectivity index (χ4n) is 2.09. The Morgan fingerprint density at radius 3 is 2.19 bits per heavy atom. The minimum absolute atomic E-state index is 0.0938. The molecule has 138 valence electrons. The SMILES string of the molecule is CC1=C/C(=C2\SN=C(c3ccc([N+](=O)[O-])cc3)S2)C(C)=[NH+]1.F[B-](F)(F)F. The lowest BCUT2D eigenvalue weighted by atomic mass is 10.2. The van der Waals surface area contributed by atoms with Gasteiger partial charge in [0, 0.05) is 49.6 Å². The van der Waals surface area contributed by atoms with Gasteiger partial charge in [-0.05, 0) is 12.1 Å². The third-order valence-corrected chi connectivity index (χ3v) is 5.27. The lowest BCUT2D eigenvalue weighted by molar-refractivity contribution is -0.392. The number of nitro groups is 1. The molecule has 3 rings (SSSR count). The summed E-state index contributed by atoms with van der Waals surface area (Å²) in [5.74, 6) is 0. The summed E-state index contributed by atoms with van der Waals surface area (Å²) in [6.07, 6.45) is 2.11. The predicted octanol–water partition coefficient (Wildman–Crippen LogP) is 3.71. The van der Waals surface area contributed by atoms with Gasteiger partial charge in [-0.1, -0.05) is 11.8 Å². The Morgan fingerprint density at radius 1 is 1.15 bits per heavy atom. The van der Waals surface area contributed by atoms with Gasteiger partial charge in [-0.2, -0.15) is 0 Å². The van der Waals surface area contributed by atoms with Crippen molar-refractivity contribution in [3.8, 4) is 0 Å². The van der Waals surface area contributed by atoms with E-state index in [0.29, 0.717) is 0 Å². The fraction of sp³-hybridized carbons (Fsp3) is 0.143. The summed E-state index contributed by atoms with van der Waals surface area (Å²) in [5.41, 5.74) is 4.42. The summed E-state index contributed by atoms with van der Waals surface area (Å²) in [7, 11) is -6.00. The number of allylic oxidation sites excluding steroid dienone is 3. The molecule has 0 spiro atoms. The monoisotopic (exact) mass is 405 g/mol. The van der Waals surface area contributed by atoms with Gasteiger partial charge < -0.3 is 17.3 Å². The van der Waals surface area contributed by atoms with Crippen molar-refractivity contribution in [2.24, 2.45) is 4.40 Å². The quantitative estimate of drug-likeness (QED) is 0.268. The van der Waals surface area contributed by atoms with Crippen molar-refractivity contribution in [1.29, 1.82) is 0 Å². The molecule has 0 aliphatic carbocycles. The van der Waals surface area contributed by atoms with E-state index in [-0.39, 0.29) is 5.69 Å². The number of hydrogen-bond acceptors (Lipinski definition) is 5. The van der Waals surface area contributed by atoms with Crippen LogP contribution in [0.25, 0.3) is 0 Å². The number of halogens is 4. The van der Waals surface area contributed by atoms with Crippen LogP contribution in [0.15, 0.2) is 50.2 Å². The molecule has 12 heteroatoms. The Labute approximate surface area is 154 Å². The Hall–Kier alpha value is -2.08. The molecule has 2 aliphatic rings. The van der Waals surface area contributed by atoms with Gasteiger partial charge in [0.2, 0.25) is 0 Å². The molecule has 0 aromatic heterocycles. The van der Waals surface area contributed by atoms with Gasteiger partial charge in [-0.25, -0.2) is 9.39 Å². The van der Waals surface area contributed by atoms with Crippen molar-refractivity contribution in [3.05, 3.63) is 61.5 Å². The molecule has 1 aromatic rings. The smallest absolute Gasteiger partial charge is 0.418 e. The highest BCUT2D eigenvalue weighted by atomic mass is 32.2. The van der Waals surface area contributed by atoms with E-state index < -0.39 is 12.2 Å². The average Bonchev–Trinajstić information content (AvgIpc) is 3.12. The summed E-state index contributed by atoms with van der Waals surface area (Å²) in [6, 6.07) is 6.49. The van der Waals surface area contributed by atoms with Crippen LogP contribution in [-0.4, -0.2) is 22.9 Å². The highest BCUT2D eigenvalue weighted by Gasteiger charge is 2.25. The normalized spacial score (nSPS) is 19.4. The predicted molar refractivity (Wildman–Crippen MR) is 97.4 cm³/mol. The fourth-order valence-corrected chi connectivity index (χ4v) is 4.18. The summed E-state index contributed by atoms with van der Waals surface area (Å²) in [6.45, 7) is 4.07. The Bertz CT molecular complexity index is 843. The molecular weight excluding hydrogens is 393 g/mol. The molecule has 0 unspecified atom stereocenters. The molecule has 0 saturated heterocycles. The van der Waals surface area contributed by atoms with Gasteiger partial charge in [-0.15, -0.1) is 0 Å². The number of nitrogens with zero attached hydrogens (tertiary/aromatic N) is 2. The first-order valence-corrected chi connectivity index (χ1v) is 8.72. The molecule has 26 heavy (non-hydrogen) atoms. The van der Waals surface area contributed by atoms with E-state index in [1.54, 1.807) is 23.9 Å². The van der Waals surface area contributed by atoms with E-state index in [1.165, 1.54) is 29.7 Å². The van der Waals surface area contributed by atoms with Gasteiger partial charge in [0.15, 0.2) is 11.4 Å². The van der Waals surface area contributed by atoms with E-state index in [0.717, 1.165) is 26.3 Å². The summed E-state index contributed by atoms with van der Waals surface area (Å²) in [5, 5.41) is 11.5. The second-order valence-corrected chi connectivity index (χ2v) is 7.20. The number of thioether (sulfide) groups is 1. The third-order valence-electron chi connectivity index (χ3n) is 3.10. The minimum atomic E-state index is -6.00. The number of hydrogen-bond donors (Lipinski definition) is 1. The van der Waals surface area contributed by atoms with Crippen molar-refractivity contribution in [1.82, 2.24) is 0 Å². The van der Waals surface area contributed by atoms with Crippen LogP contribution in [0.2, 0.25) is 0 Å². The van der Waals surface area contributed by atoms with E-state index in [9.17, 15) is 27.4 Å². The van der Waals surface area contributed by atoms with Crippen LogP contribution >= 0.6 is 23.7 Å². The van der Waals surface area contributed by atoms with Crippen molar-refractivity contribution in [2.75, 3.05) is 0 Å². The standard InChI is InChI=1S/C14H11N3O2S2.BF4/c1-8-7-12(9(2)15-8)14-20-13(16-21-14)10-3-5-11(6-4-10)17(18)19;2-1(3,4)5/h3-7H,1-2H3;/q;-1/p+1/b14-12+;. The number of nitrogens with one attached hydrogen (secondary N) is 1. The van der Waals surface area contributed by atoms with E-state index in [4.69, 9.17) is 0 Å². The van der Waals surface area contributed by atoms with E-state index in [2.05, 4.69) is 15.5 Å². The van der Waals surface area contributed by atoms with Crippen LogP contribution < -0.4 is 4.99 Å². The molecule has 0 saturated carbocycles. The first kappa shape index (κ1) is 20.2. The number of nitro benzene ring substituents is 1. The van der Waals surface area contributed by atoms with Crippen LogP contribution in [0.5, 0.6) is 0 Å². The zero-order valence-corrected chi connectivity index (χ0v) is 15.1. The highest BCUT2D eigenvalue weighted by Crippen LogP contribution is 2.43. The molecule has 1 aromatic carbocycles. The molecule has 2 aliphatic heterocycles. The Morgan fingerprint density at radius 2 is 1.73 bits per heavy atom. The third kappa shape index (κ3) is 5.73. The zero-order chi connectivity index (χ0) is 19.5. The maximum atomic E-state index is 10.7. The van der Waals surface area contributed by atoms with Crippen LogP contribution in [0.3, 0.4) is 0 Å². The second-order valence-electron chi connectivity index (χ2n) is 5.17. The van der Waals surface area contributed by atoms with Gasteiger partial charge in [0.25, 0.3) is 5.69 Å². The zero-order valence-electron chi connectivity index (χ0n) is 13.5. The molecule has 2 heterocycles. The molecule has 0 radical (unpaired) electrons. The Balaban J connectivity index is 0.000000431. The maximum Gasteiger partial charge on any atom is 0.673 e. The minimum Gasteiger partial charge on any atom is -0.418 e. The van der Waals surface area contributed by atoms with Crippen LogP contribution in [0, 0.1) is 10.1 Å². The lowest BCUT2D eigenvalue weighted by Crippen LogP contribution is -2.67.